The van der Waals surface area contributed by atoms with E-state index < -0.39 is 5.97 Å². The molecule has 7 nitrogen and oxygen atoms in total. The third-order valence-electron chi connectivity index (χ3n) is 3.16. The number of nitrogens with one attached hydrogen (secondary N) is 1. The molecule has 122 valence electrons. The lowest BCUT2D eigenvalue weighted by Gasteiger charge is -2.13. The number of thioether (sulfide) groups is 1. The number of hydrogen-bond acceptors (Lipinski definition) is 5. The fraction of sp³-hybridized carbons (Fsp3) is 0.333. The third kappa shape index (κ3) is 4.82. The number of aliphatic carboxylic acids is 1. The number of amides is 1. The summed E-state index contributed by atoms with van der Waals surface area (Å²) in [6.45, 7) is -0.303. The van der Waals surface area contributed by atoms with Crippen molar-refractivity contribution in [2.45, 2.75) is 12.2 Å². The molecule has 1 aromatic carbocycles. The third-order valence-corrected chi connectivity index (χ3v) is 4.13. The fourth-order valence-electron chi connectivity index (χ4n) is 2.01. The molecule has 0 aliphatic rings. The molecule has 0 aliphatic carbocycles. The van der Waals surface area contributed by atoms with E-state index in [0.717, 1.165) is 0 Å². The monoisotopic (exact) mass is 335 g/mol. The summed E-state index contributed by atoms with van der Waals surface area (Å²) in [6, 6.07) is 7.10. The van der Waals surface area contributed by atoms with Crippen molar-refractivity contribution < 1.29 is 14.7 Å². The molecule has 0 atom stereocenters. The van der Waals surface area contributed by atoms with E-state index in [1.165, 1.54) is 23.7 Å². The number of hydrogen-bond donors (Lipinski definition) is 2. The van der Waals surface area contributed by atoms with E-state index in [2.05, 4.69) is 9.97 Å². The van der Waals surface area contributed by atoms with Gasteiger partial charge in [0.1, 0.15) is 12.4 Å². The summed E-state index contributed by atoms with van der Waals surface area (Å²) < 4.78 is 0. The first kappa shape index (κ1) is 17.0. The molecule has 0 unspecified atom stereocenters. The molecule has 2 aromatic rings. The lowest BCUT2D eigenvalue weighted by molar-refractivity contribution is -0.143. The first-order valence-electron chi connectivity index (χ1n) is 6.99. The Labute approximate surface area is 136 Å². The van der Waals surface area contributed by atoms with Gasteiger partial charge in [0, 0.05) is 19.2 Å². The number of para-hydroxylation sites is 1. The van der Waals surface area contributed by atoms with E-state index >= 15 is 0 Å². The maximum atomic E-state index is 11.9. The molecule has 0 saturated heterocycles. The summed E-state index contributed by atoms with van der Waals surface area (Å²) in [5.41, 5.74) is 0.465. The van der Waals surface area contributed by atoms with Gasteiger partial charge >= 0.3 is 5.97 Å². The summed E-state index contributed by atoms with van der Waals surface area (Å²) >= 11 is 1.46. The molecule has 0 saturated carbocycles. The Kier molecular flexibility index (Phi) is 5.75. The van der Waals surface area contributed by atoms with Gasteiger partial charge < -0.3 is 15.0 Å². The van der Waals surface area contributed by atoms with Crippen molar-refractivity contribution in [2.24, 2.45) is 0 Å². The van der Waals surface area contributed by atoms with Gasteiger partial charge in [0.25, 0.3) is 5.56 Å². The molecule has 0 aliphatic heterocycles. The highest BCUT2D eigenvalue weighted by Gasteiger charge is 2.11. The lowest BCUT2D eigenvalue weighted by Crippen LogP contribution is -2.32. The molecule has 8 heteroatoms. The second-order valence-electron chi connectivity index (χ2n) is 4.98. The number of carboxylic acid groups (broad SMARTS) is 1. The van der Waals surface area contributed by atoms with Crippen LogP contribution in [0.15, 0.2) is 29.1 Å². The Hall–Kier alpha value is -2.35. The predicted octanol–water partition coefficient (Wildman–Crippen LogP) is 1.09. The zero-order valence-electron chi connectivity index (χ0n) is 12.6. The van der Waals surface area contributed by atoms with Crippen molar-refractivity contribution in [2.75, 3.05) is 19.3 Å². The Balaban J connectivity index is 1.86. The zero-order chi connectivity index (χ0) is 16.8. The number of H-pyrrole nitrogens is 1. The minimum Gasteiger partial charge on any atom is -0.480 e. The normalized spacial score (nSPS) is 10.7. The maximum Gasteiger partial charge on any atom is 0.323 e. The van der Waals surface area contributed by atoms with Crippen molar-refractivity contribution in [3.8, 4) is 0 Å². The van der Waals surface area contributed by atoms with Crippen molar-refractivity contribution in [3.05, 3.63) is 40.4 Å². The topological polar surface area (TPSA) is 103 Å². The standard InChI is InChI=1S/C15H17N3O4S/c1-18(8-14(20)21)13(19)6-7-23-9-12-16-11-5-3-2-4-10(11)15(22)17-12/h2-5H,6-9H2,1H3,(H,20,21)(H,16,17,22). The summed E-state index contributed by atoms with van der Waals surface area (Å²) in [7, 11) is 1.46. The van der Waals surface area contributed by atoms with Crippen LogP contribution in [-0.4, -0.2) is 51.2 Å². The second-order valence-corrected chi connectivity index (χ2v) is 6.08. The molecular formula is C15H17N3O4S. The van der Waals surface area contributed by atoms with Gasteiger partial charge in [-0.3, -0.25) is 14.4 Å². The van der Waals surface area contributed by atoms with Crippen LogP contribution in [0.3, 0.4) is 0 Å². The van der Waals surface area contributed by atoms with Crippen LogP contribution in [0.4, 0.5) is 0 Å². The molecular weight excluding hydrogens is 318 g/mol. The number of likely N-dealkylation sites (N-methyl/N-ethyl adjacent to an activating group) is 1. The highest BCUT2D eigenvalue weighted by Crippen LogP contribution is 2.12. The van der Waals surface area contributed by atoms with Gasteiger partial charge in [0.2, 0.25) is 5.91 Å². The Morgan fingerprint density at radius 2 is 2.09 bits per heavy atom. The molecule has 0 bridgehead atoms. The number of carbonyl (C=O) groups is 2. The van der Waals surface area contributed by atoms with Crippen LogP contribution < -0.4 is 5.56 Å². The second kappa shape index (κ2) is 7.77. The van der Waals surface area contributed by atoms with Crippen LogP contribution in [0.1, 0.15) is 12.2 Å². The lowest BCUT2D eigenvalue weighted by atomic mass is 10.2. The summed E-state index contributed by atoms with van der Waals surface area (Å²) in [5, 5.41) is 9.17. The summed E-state index contributed by atoms with van der Waals surface area (Å²) in [4.78, 5) is 42.4. The van der Waals surface area contributed by atoms with Crippen molar-refractivity contribution in [1.29, 1.82) is 0 Å². The Bertz CT molecular complexity index is 775. The molecule has 1 heterocycles. The van der Waals surface area contributed by atoms with Gasteiger partial charge in [-0.25, -0.2) is 4.98 Å². The van der Waals surface area contributed by atoms with Gasteiger partial charge in [-0.1, -0.05) is 12.1 Å². The highest BCUT2D eigenvalue weighted by atomic mass is 32.2. The number of benzene rings is 1. The first-order chi connectivity index (χ1) is 11.0. The molecule has 0 radical (unpaired) electrons. The van der Waals surface area contributed by atoms with Crippen LogP contribution in [0, 0.1) is 0 Å². The van der Waals surface area contributed by atoms with Crippen molar-refractivity contribution >= 4 is 34.5 Å². The Morgan fingerprint density at radius 1 is 1.35 bits per heavy atom. The SMILES string of the molecule is CN(CC(=O)O)C(=O)CCSCc1nc2ccccc2c(=O)[nH]1. The number of carboxylic acids is 1. The number of aromatic nitrogens is 2. The molecule has 0 spiro atoms. The number of carbonyl (C=O) groups excluding carboxylic acids is 1. The average molecular weight is 335 g/mol. The average Bonchev–Trinajstić information content (AvgIpc) is 2.50. The largest absolute Gasteiger partial charge is 0.480 e. The number of rotatable bonds is 7. The van der Waals surface area contributed by atoms with Gasteiger partial charge in [0.15, 0.2) is 0 Å². The van der Waals surface area contributed by atoms with E-state index in [1.807, 2.05) is 6.07 Å². The predicted molar refractivity (Wildman–Crippen MR) is 88.4 cm³/mol. The number of nitrogens with zero attached hydrogens (tertiary/aromatic N) is 2. The van der Waals surface area contributed by atoms with E-state index in [-0.39, 0.29) is 24.4 Å². The molecule has 2 rings (SSSR count). The van der Waals surface area contributed by atoms with Gasteiger partial charge in [-0.05, 0) is 12.1 Å². The van der Waals surface area contributed by atoms with E-state index in [9.17, 15) is 14.4 Å². The van der Waals surface area contributed by atoms with Crippen LogP contribution in [0.2, 0.25) is 0 Å². The van der Waals surface area contributed by atoms with Crippen LogP contribution in [0.5, 0.6) is 0 Å². The minimum atomic E-state index is -1.04. The summed E-state index contributed by atoms with van der Waals surface area (Å²) in [5.74, 6) is 0.311. The smallest absolute Gasteiger partial charge is 0.323 e. The fourth-order valence-corrected chi connectivity index (χ4v) is 2.81. The molecule has 1 amide bonds. The van der Waals surface area contributed by atoms with Gasteiger partial charge in [-0.15, -0.1) is 0 Å². The highest BCUT2D eigenvalue weighted by molar-refractivity contribution is 7.98. The van der Waals surface area contributed by atoms with Crippen LogP contribution in [-0.2, 0) is 15.3 Å². The van der Waals surface area contributed by atoms with Crippen LogP contribution >= 0.6 is 11.8 Å². The molecule has 1 aromatic heterocycles. The van der Waals surface area contributed by atoms with Crippen molar-refractivity contribution in [3.63, 3.8) is 0 Å². The van der Waals surface area contributed by atoms with Gasteiger partial charge in [-0.2, -0.15) is 11.8 Å². The number of aromatic amines is 1. The first-order valence-corrected chi connectivity index (χ1v) is 8.14. The van der Waals surface area contributed by atoms with E-state index in [1.54, 1.807) is 18.2 Å². The zero-order valence-corrected chi connectivity index (χ0v) is 13.4. The molecule has 2 N–H and O–H groups in total. The summed E-state index contributed by atoms with van der Waals surface area (Å²) in [6.07, 6.45) is 0.242. The maximum absolute atomic E-state index is 11.9. The minimum absolute atomic E-state index is 0.177. The molecule has 0 fully saturated rings. The number of fused-ring (bicyclic) bond motifs is 1. The van der Waals surface area contributed by atoms with Crippen molar-refractivity contribution in [1.82, 2.24) is 14.9 Å². The van der Waals surface area contributed by atoms with Crippen LogP contribution in [0.25, 0.3) is 10.9 Å². The van der Waals surface area contributed by atoms with Gasteiger partial charge in [0.05, 0.1) is 16.7 Å². The Morgan fingerprint density at radius 3 is 2.83 bits per heavy atom. The van der Waals surface area contributed by atoms with E-state index in [4.69, 9.17) is 5.11 Å². The molecule has 23 heavy (non-hydrogen) atoms. The van der Waals surface area contributed by atoms with E-state index in [0.29, 0.717) is 28.2 Å². The quantitative estimate of drug-likeness (QED) is 0.734.